The van der Waals surface area contributed by atoms with Crippen LogP contribution in [0.5, 0.6) is 0 Å². The van der Waals surface area contributed by atoms with Crippen LogP contribution in [0.25, 0.3) is 0 Å². The highest BCUT2D eigenvalue weighted by atomic mass is 32.2. The Morgan fingerprint density at radius 2 is 1.88 bits per heavy atom. The van der Waals surface area contributed by atoms with E-state index in [1.54, 1.807) is 24.3 Å². The molecule has 0 unspecified atom stereocenters. The quantitative estimate of drug-likeness (QED) is 0.683. The zero-order chi connectivity index (χ0) is 19.2. The van der Waals surface area contributed by atoms with Gasteiger partial charge in [0.05, 0.1) is 11.5 Å². The molecule has 0 amide bonds. The third kappa shape index (κ3) is 3.74. The number of hydrogen-bond acceptors (Lipinski definition) is 4. The molecule has 3 atom stereocenters. The molecular weight excluding hydrogens is 348 g/mol. The summed E-state index contributed by atoms with van der Waals surface area (Å²) < 4.78 is 30.0. The Kier molecular flexibility index (Phi) is 5.08. The van der Waals surface area contributed by atoms with Crippen LogP contribution in [0.2, 0.25) is 0 Å². The molecule has 1 aromatic rings. The summed E-state index contributed by atoms with van der Waals surface area (Å²) in [5, 5.41) is 0. The van der Waals surface area contributed by atoms with Crippen molar-refractivity contribution >= 4 is 15.9 Å². The number of carbonyl (C=O) groups excluding carboxylic acids is 1. The predicted octanol–water partition coefficient (Wildman–Crippen LogP) is 4.51. The minimum Gasteiger partial charge on any atom is -0.300 e. The summed E-state index contributed by atoms with van der Waals surface area (Å²) in [7, 11) is -3.72. The Hall–Kier alpha value is -1.20. The van der Waals surface area contributed by atoms with Gasteiger partial charge >= 0.3 is 0 Å². The zero-order valence-electron chi connectivity index (χ0n) is 16.2. The average molecular weight is 379 g/mol. The molecule has 2 saturated carbocycles. The van der Waals surface area contributed by atoms with E-state index in [9.17, 15) is 13.2 Å². The molecule has 5 heteroatoms. The van der Waals surface area contributed by atoms with Gasteiger partial charge in [0.15, 0.2) is 0 Å². The number of carbonyl (C=O) groups is 1. The molecule has 0 radical (unpaired) electrons. The Balaban J connectivity index is 1.64. The van der Waals surface area contributed by atoms with Crippen molar-refractivity contribution in [2.45, 2.75) is 64.7 Å². The first-order valence-corrected chi connectivity index (χ1v) is 10.9. The molecule has 3 rings (SSSR count). The van der Waals surface area contributed by atoms with Gasteiger partial charge < -0.3 is 0 Å². The van der Waals surface area contributed by atoms with Crippen LogP contribution in [0, 0.1) is 29.6 Å². The number of Topliss-reactive ketones (excluding diaryl/α,β-unsaturated/α-hetero) is 1. The summed E-state index contributed by atoms with van der Waals surface area (Å²) in [6.07, 6.45) is 4.13. The number of ketones is 1. The minimum absolute atomic E-state index is 0.0254. The van der Waals surface area contributed by atoms with Gasteiger partial charge in [0.25, 0.3) is 10.1 Å². The zero-order valence-corrected chi connectivity index (χ0v) is 17.1. The molecule has 0 saturated heterocycles. The lowest BCUT2D eigenvalue weighted by Crippen LogP contribution is -2.30. The monoisotopic (exact) mass is 378 g/mol. The Bertz CT molecular complexity index is 779. The first-order valence-electron chi connectivity index (χ1n) is 9.52. The highest BCUT2D eigenvalue weighted by Crippen LogP contribution is 2.63. The van der Waals surface area contributed by atoms with Crippen LogP contribution in [0.4, 0.5) is 0 Å². The van der Waals surface area contributed by atoms with Crippen LogP contribution in [0.15, 0.2) is 29.2 Å². The van der Waals surface area contributed by atoms with Crippen molar-refractivity contribution in [3.8, 4) is 0 Å². The third-order valence-electron chi connectivity index (χ3n) is 6.50. The highest BCUT2D eigenvalue weighted by Gasteiger charge is 2.57. The molecule has 2 aliphatic carbocycles. The highest BCUT2D eigenvalue weighted by molar-refractivity contribution is 7.86. The van der Waals surface area contributed by atoms with Gasteiger partial charge in [-0.15, -0.1) is 0 Å². The maximum absolute atomic E-state index is 12.4. The Labute approximate surface area is 157 Å². The number of benzene rings is 1. The second kappa shape index (κ2) is 6.75. The third-order valence-corrected chi connectivity index (χ3v) is 7.83. The van der Waals surface area contributed by atoms with Gasteiger partial charge in [-0.3, -0.25) is 8.98 Å². The minimum atomic E-state index is -3.72. The van der Waals surface area contributed by atoms with Gasteiger partial charge in [-0.25, -0.2) is 0 Å². The van der Waals surface area contributed by atoms with Crippen LogP contribution >= 0.6 is 0 Å². The summed E-state index contributed by atoms with van der Waals surface area (Å²) in [5.41, 5.74) is 1.30. The topological polar surface area (TPSA) is 60.4 Å². The van der Waals surface area contributed by atoms with Crippen molar-refractivity contribution in [3.63, 3.8) is 0 Å². The van der Waals surface area contributed by atoms with Crippen LogP contribution in [0.1, 0.15) is 58.4 Å². The van der Waals surface area contributed by atoms with Crippen LogP contribution in [0.3, 0.4) is 0 Å². The van der Waals surface area contributed by atoms with Crippen LogP contribution in [-0.4, -0.2) is 20.8 Å². The van der Waals surface area contributed by atoms with Crippen molar-refractivity contribution in [1.29, 1.82) is 0 Å². The summed E-state index contributed by atoms with van der Waals surface area (Å²) in [5.74, 6) is 1.08. The largest absolute Gasteiger partial charge is 0.300 e. The van der Waals surface area contributed by atoms with E-state index in [1.165, 1.54) is 0 Å². The van der Waals surface area contributed by atoms with Gasteiger partial charge in [-0.05, 0) is 61.0 Å². The van der Waals surface area contributed by atoms with Gasteiger partial charge in [0, 0.05) is 12.8 Å². The van der Waals surface area contributed by atoms with Crippen molar-refractivity contribution in [2.75, 3.05) is 6.61 Å². The predicted molar refractivity (Wildman–Crippen MR) is 101 cm³/mol. The number of rotatable bonds is 6. The molecule has 0 bridgehead atoms. The fraction of sp³-hybridized carbons (Fsp3) is 0.667. The number of aryl methyl sites for hydroxylation is 1. The second-order valence-corrected chi connectivity index (χ2v) is 10.8. The normalized spacial score (nSPS) is 28.9. The van der Waals surface area contributed by atoms with Crippen LogP contribution in [-0.2, 0) is 19.1 Å². The van der Waals surface area contributed by atoms with E-state index in [0.717, 1.165) is 18.4 Å². The van der Waals surface area contributed by atoms with E-state index in [1.807, 2.05) is 6.92 Å². The standard InChI is InChI=1S/C21H30O4S/c1-15-5-7-19(8-6-15)26(23,24)25-10-9-16(2)21-13-18(22)11-17(21)12-20(3,4)14-21/h5-8,16-17H,9-14H2,1-4H3/t16-,17-,21+/m1/s1. The molecule has 144 valence electrons. The molecule has 0 N–H and O–H groups in total. The maximum atomic E-state index is 12.4. The number of hydrogen-bond donors (Lipinski definition) is 0. The van der Waals surface area contributed by atoms with Crippen molar-refractivity contribution in [1.82, 2.24) is 0 Å². The smallest absolute Gasteiger partial charge is 0.296 e. The van der Waals surface area contributed by atoms with Crippen molar-refractivity contribution < 1.29 is 17.4 Å². The van der Waals surface area contributed by atoms with E-state index in [2.05, 4.69) is 20.8 Å². The van der Waals surface area contributed by atoms with E-state index in [0.29, 0.717) is 31.0 Å². The first-order chi connectivity index (χ1) is 12.0. The fourth-order valence-corrected chi connectivity index (χ4v) is 6.24. The fourth-order valence-electron chi connectivity index (χ4n) is 5.32. The molecule has 0 spiro atoms. The van der Waals surface area contributed by atoms with E-state index < -0.39 is 10.1 Å². The Morgan fingerprint density at radius 1 is 1.23 bits per heavy atom. The molecule has 1 aromatic carbocycles. The van der Waals surface area contributed by atoms with Crippen molar-refractivity contribution in [3.05, 3.63) is 29.8 Å². The molecule has 26 heavy (non-hydrogen) atoms. The summed E-state index contributed by atoms with van der Waals surface area (Å²) in [4.78, 5) is 12.3. The van der Waals surface area contributed by atoms with Gasteiger partial charge in [-0.1, -0.05) is 38.5 Å². The van der Waals surface area contributed by atoms with E-state index in [4.69, 9.17) is 4.18 Å². The van der Waals surface area contributed by atoms with Crippen LogP contribution < -0.4 is 0 Å². The molecule has 2 aliphatic rings. The SMILES string of the molecule is Cc1ccc(S(=O)(=O)OCC[C@@H](C)[C@@]23CC(=O)C[C@@H]2CC(C)(C)C3)cc1. The lowest BCUT2D eigenvalue weighted by atomic mass is 9.68. The summed E-state index contributed by atoms with van der Waals surface area (Å²) >= 11 is 0. The van der Waals surface area contributed by atoms with Gasteiger partial charge in [-0.2, -0.15) is 8.42 Å². The number of fused-ring (bicyclic) bond motifs is 1. The molecule has 0 aromatic heterocycles. The first kappa shape index (κ1) is 19.6. The molecule has 2 fully saturated rings. The van der Waals surface area contributed by atoms with Gasteiger partial charge in [0.1, 0.15) is 5.78 Å². The summed E-state index contributed by atoms with van der Waals surface area (Å²) in [6.45, 7) is 8.81. The molecule has 4 nitrogen and oxygen atoms in total. The van der Waals surface area contributed by atoms with E-state index >= 15 is 0 Å². The Morgan fingerprint density at radius 3 is 2.54 bits per heavy atom. The molecule has 0 aliphatic heterocycles. The van der Waals surface area contributed by atoms with Crippen molar-refractivity contribution in [2.24, 2.45) is 22.7 Å². The lowest BCUT2D eigenvalue weighted by molar-refractivity contribution is -0.118. The lowest BCUT2D eigenvalue weighted by Gasteiger charge is -2.36. The maximum Gasteiger partial charge on any atom is 0.296 e. The van der Waals surface area contributed by atoms with E-state index in [-0.39, 0.29) is 28.3 Å². The second-order valence-electron chi connectivity index (χ2n) is 9.17. The average Bonchev–Trinajstić information content (AvgIpc) is 2.95. The van der Waals surface area contributed by atoms with Gasteiger partial charge in [0.2, 0.25) is 0 Å². The molecule has 0 heterocycles. The summed E-state index contributed by atoms with van der Waals surface area (Å²) in [6, 6.07) is 6.70. The molecular formula is C21H30O4S.